The van der Waals surface area contributed by atoms with E-state index in [-0.39, 0.29) is 18.9 Å². The summed E-state index contributed by atoms with van der Waals surface area (Å²) in [7, 11) is 0. The third-order valence-corrected chi connectivity index (χ3v) is 2.04. The van der Waals surface area contributed by atoms with Crippen molar-refractivity contribution >= 4 is 11.9 Å². The minimum absolute atomic E-state index is 0.212. The van der Waals surface area contributed by atoms with Crippen LogP contribution in [0.1, 0.15) is 17.0 Å². The molecular formula is C10H14N2O3. The SMILES string of the molecule is Cc1cc(CC(=O)NCC(=O)O)c(C)[nH]1. The van der Waals surface area contributed by atoms with Crippen molar-refractivity contribution < 1.29 is 14.7 Å². The van der Waals surface area contributed by atoms with Crippen molar-refractivity contribution in [1.82, 2.24) is 10.3 Å². The highest BCUT2D eigenvalue weighted by Crippen LogP contribution is 2.09. The molecule has 0 radical (unpaired) electrons. The first-order valence-electron chi connectivity index (χ1n) is 4.62. The van der Waals surface area contributed by atoms with Crippen LogP contribution in [-0.2, 0) is 16.0 Å². The first-order chi connectivity index (χ1) is 6.99. The maximum absolute atomic E-state index is 11.3. The molecular weight excluding hydrogens is 196 g/mol. The molecule has 82 valence electrons. The Kier molecular flexibility index (Phi) is 3.49. The van der Waals surface area contributed by atoms with E-state index < -0.39 is 5.97 Å². The maximum atomic E-state index is 11.3. The number of nitrogens with one attached hydrogen (secondary N) is 2. The van der Waals surface area contributed by atoms with E-state index in [0.717, 1.165) is 17.0 Å². The fourth-order valence-corrected chi connectivity index (χ4v) is 1.38. The number of hydrogen-bond acceptors (Lipinski definition) is 2. The van der Waals surface area contributed by atoms with Crippen LogP contribution in [0.25, 0.3) is 0 Å². The summed E-state index contributed by atoms with van der Waals surface area (Å²) in [6.07, 6.45) is 0.212. The summed E-state index contributed by atoms with van der Waals surface area (Å²) in [4.78, 5) is 24.6. The number of H-pyrrole nitrogens is 1. The highest BCUT2D eigenvalue weighted by Gasteiger charge is 2.08. The fraction of sp³-hybridized carbons (Fsp3) is 0.400. The summed E-state index contributed by atoms with van der Waals surface area (Å²) in [5.74, 6) is -1.31. The van der Waals surface area contributed by atoms with Gasteiger partial charge in [0.1, 0.15) is 6.54 Å². The van der Waals surface area contributed by atoms with Gasteiger partial charge in [-0.1, -0.05) is 0 Å². The number of carboxylic acids is 1. The van der Waals surface area contributed by atoms with Crippen LogP contribution in [0.5, 0.6) is 0 Å². The molecule has 1 amide bonds. The summed E-state index contributed by atoms with van der Waals surface area (Å²) in [6, 6.07) is 1.88. The summed E-state index contributed by atoms with van der Waals surface area (Å²) in [5.41, 5.74) is 2.84. The molecule has 1 aromatic rings. The number of aromatic nitrogens is 1. The molecule has 0 atom stereocenters. The number of carbonyl (C=O) groups is 2. The summed E-state index contributed by atoms with van der Waals surface area (Å²) >= 11 is 0. The van der Waals surface area contributed by atoms with Gasteiger partial charge in [-0.15, -0.1) is 0 Å². The van der Waals surface area contributed by atoms with Gasteiger partial charge in [0.05, 0.1) is 6.42 Å². The van der Waals surface area contributed by atoms with Crippen LogP contribution in [-0.4, -0.2) is 28.5 Å². The predicted octanol–water partition coefficient (Wildman–Crippen LogP) is 0.375. The molecule has 1 aromatic heterocycles. The van der Waals surface area contributed by atoms with Gasteiger partial charge in [-0.3, -0.25) is 9.59 Å². The lowest BCUT2D eigenvalue weighted by atomic mass is 10.1. The van der Waals surface area contributed by atoms with Gasteiger partial charge < -0.3 is 15.4 Å². The lowest BCUT2D eigenvalue weighted by Gasteiger charge is -2.01. The van der Waals surface area contributed by atoms with Crippen molar-refractivity contribution in [3.8, 4) is 0 Å². The highest BCUT2D eigenvalue weighted by molar-refractivity contribution is 5.82. The number of aliphatic carboxylic acids is 1. The number of aromatic amines is 1. The average Bonchev–Trinajstić information content (AvgIpc) is 2.42. The molecule has 5 heteroatoms. The van der Waals surface area contributed by atoms with Gasteiger partial charge in [0, 0.05) is 11.4 Å². The van der Waals surface area contributed by atoms with Gasteiger partial charge >= 0.3 is 5.97 Å². The molecule has 0 fully saturated rings. The van der Waals surface area contributed by atoms with Crippen LogP contribution in [0, 0.1) is 13.8 Å². The molecule has 3 N–H and O–H groups in total. The van der Waals surface area contributed by atoms with Crippen LogP contribution in [0.3, 0.4) is 0 Å². The molecule has 0 spiro atoms. The summed E-state index contributed by atoms with van der Waals surface area (Å²) < 4.78 is 0. The Hall–Kier alpha value is -1.78. The zero-order valence-electron chi connectivity index (χ0n) is 8.76. The van der Waals surface area contributed by atoms with E-state index in [2.05, 4.69) is 10.3 Å². The molecule has 1 heterocycles. The van der Waals surface area contributed by atoms with E-state index in [0.29, 0.717) is 0 Å². The summed E-state index contributed by atoms with van der Waals surface area (Å²) in [5, 5.41) is 10.7. The Balaban J connectivity index is 2.51. The predicted molar refractivity (Wildman–Crippen MR) is 54.6 cm³/mol. The fourth-order valence-electron chi connectivity index (χ4n) is 1.38. The molecule has 0 aromatic carbocycles. The standard InChI is InChI=1S/C10H14N2O3/c1-6-3-8(7(2)12-6)4-9(13)11-5-10(14)15/h3,12H,4-5H2,1-2H3,(H,11,13)(H,14,15). The number of aryl methyl sites for hydroxylation is 2. The van der Waals surface area contributed by atoms with Crippen molar-refractivity contribution in [2.24, 2.45) is 0 Å². The Morgan fingerprint density at radius 3 is 2.60 bits per heavy atom. The smallest absolute Gasteiger partial charge is 0.322 e. The number of rotatable bonds is 4. The van der Waals surface area contributed by atoms with Crippen LogP contribution in [0.4, 0.5) is 0 Å². The average molecular weight is 210 g/mol. The molecule has 0 aliphatic rings. The Morgan fingerprint density at radius 2 is 2.13 bits per heavy atom. The molecule has 0 aliphatic heterocycles. The van der Waals surface area contributed by atoms with Crippen molar-refractivity contribution in [1.29, 1.82) is 0 Å². The van der Waals surface area contributed by atoms with Crippen molar-refractivity contribution in [2.45, 2.75) is 20.3 Å². The van der Waals surface area contributed by atoms with Gasteiger partial charge in [-0.05, 0) is 25.5 Å². The number of carbonyl (C=O) groups excluding carboxylic acids is 1. The molecule has 0 bridgehead atoms. The topological polar surface area (TPSA) is 82.2 Å². The van der Waals surface area contributed by atoms with Crippen LogP contribution < -0.4 is 5.32 Å². The van der Waals surface area contributed by atoms with E-state index in [4.69, 9.17) is 5.11 Å². The lowest BCUT2D eigenvalue weighted by molar-refractivity contribution is -0.137. The van der Waals surface area contributed by atoms with E-state index >= 15 is 0 Å². The monoisotopic (exact) mass is 210 g/mol. The van der Waals surface area contributed by atoms with Crippen LogP contribution in [0.15, 0.2) is 6.07 Å². The van der Waals surface area contributed by atoms with E-state index in [1.807, 2.05) is 19.9 Å². The highest BCUT2D eigenvalue weighted by atomic mass is 16.4. The normalized spacial score (nSPS) is 10.0. The Morgan fingerprint density at radius 1 is 1.47 bits per heavy atom. The third kappa shape index (κ3) is 3.46. The van der Waals surface area contributed by atoms with Gasteiger partial charge in [0.15, 0.2) is 0 Å². The molecule has 0 saturated heterocycles. The minimum Gasteiger partial charge on any atom is -0.480 e. The molecule has 1 rings (SSSR count). The molecule has 5 nitrogen and oxygen atoms in total. The quantitative estimate of drug-likeness (QED) is 0.671. The van der Waals surface area contributed by atoms with E-state index in [9.17, 15) is 9.59 Å². The van der Waals surface area contributed by atoms with E-state index in [1.165, 1.54) is 0 Å². The zero-order valence-corrected chi connectivity index (χ0v) is 8.76. The first-order valence-corrected chi connectivity index (χ1v) is 4.62. The number of amides is 1. The summed E-state index contributed by atoms with van der Waals surface area (Å²) in [6.45, 7) is 3.46. The number of hydrogen-bond donors (Lipinski definition) is 3. The second kappa shape index (κ2) is 4.63. The van der Waals surface area contributed by atoms with Crippen LogP contribution >= 0.6 is 0 Å². The largest absolute Gasteiger partial charge is 0.480 e. The van der Waals surface area contributed by atoms with Crippen molar-refractivity contribution in [2.75, 3.05) is 6.54 Å². The second-order valence-corrected chi connectivity index (χ2v) is 3.45. The Labute approximate surface area is 87.5 Å². The van der Waals surface area contributed by atoms with Gasteiger partial charge in [0.25, 0.3) is 0 Å². The van der Waals surface area contributed by atoms with Gasteiger partial charge in [-0.2, -0.15) is 0 Å². The second-order valence-electron chi connectivity index (χ2n) is 3.45. The zero-order chi connectivity index (χ0) is 11.4. The van der Waals surface area contributed by atoms with Crippen molar-refractivity contribution in [3.63, 3.8) is 0 Å². The number of carboxylic acid groups (broad SMARTS) is 1. The van der Waals surface area contributed by atoms with Crippen LogP contribution in [0.2, 0.25) is 0 Å². The van der Waals surface area contributed by atoms with Gasteiger partial charge in [-0.25, -0.2) is 0 Å². The molecule has 0 saturated carbocycles. The molecule has 15 heavy (non-hydrogen) atoms. The minimum atomic E-state index is -1.04. The van der Waals surface area contributed by atoms with Gasteiger partial charge in [0.2, 0.25) is 5.91 Å². The molecule has 0 unspecified atom stereocenters. The third-order valence-electron chi connectivity index (χ3n) is 2.04. The van der Waals surface area contributed by atoms with E-state index in [1.54, 1.807) is 0 Å². The maximum Gasteiger partial charge on any atom is 0.322 e. The molecule has 0 aliphatic carbocycles. The first kappa shape index (κ1) is 11.3. The lowest BCUT2D eigenvalue weighted by Crippen LogP contribution is -2.30. The Bertz CT molecular complexity index is 382. The van der Waals surface area contributed by atoms with Crippen molar-refractivity contribution in [3.05, 3.63) is 23.0 Å².